The molecule has 0 aliphatic heterocycles. The second-order valence-corrected chi connectivity index (χ2v) is 5.94. The van der Waals surface area contributed by atoms with Gasteiger partial charge < -0.3 is 4.90 Å². The van der Waals surface area contributed by atoms with Gasteiger partial charge in [0.15, 0.2) is 5.13 Å². The summed E-state index contributed by atoms with van der Waals surface area (Å²) in [6.45, 7) is 1.80. The molecule has 0 saturated carbocycles. The van der Waals surface area contributed by atoms with Crippen LogP contribution in [0.5, 0.6) is 0 Å². The summed E-state index contributed by atoms with van der Waals surface area (Å²) < 4.78 is 33.0. The van der Waals surface area contributed by atoms with E-state index in [0.29, 0.717) is 0 Å². The first-order chi connectivity index (χ1) is 6.79. The minimum absolute atomic E-state index is 0.191. The third-order valence-electron chi connectivity index (χ3n) is 1.84. The molecule has 0 aromatic carbocycles. The summed E-state index contributed by atoms with van der Waals surface area (Å²) in [5.74, 6) is -0.469. The number of hydrogen-bond acceptors (Lipinski definition) is 5. The lowest BCUT2D eigenvalue weighted by molar-refractivity contribution is 0.551. The van der Waals surface area contributed by atoms with Crippen molar-refractivity contribution in [2.45, 2.75) is 13.3 Å². The number of nitrogens with zero attached hydrogens (tertiary/aromatic N) is 2. The van der Waals surface area contributed by atoms with Gasteiger partial charge in [-0.3, -0.25) is 0 Å². The van der Waals surface area contributed by atoms with Crippen LogP contribution in [0.15, 0.2) is 0 Å². The van der Waals surface area contributed by atoms with Crippen molar-refractivity contribution < 1.29 is 12.3 Å². The third-order valence-corrected chi connectivity index (χ3v) is 3.91. The lowest BCUT2D eigenvalue weighted by Crippen LogP contribution is -2.07. The van der Waals surface area contributed by atoms with Crippen LogP contribution in [-0.4, -0.2) is 33.2 Å². The molecular formula is C8H13FN2O2S2. The average molecular weight is 252 g/mol. The van der Waals surface area contributed by atoms with Crippen molar-refractivity contribution in [3.05, 3.63) is 10.6 Å². The van der Waals surface area contributed by atoms with Gasteiger partial charge in [-0.1, -0.05) is 0 Å². The van der Waals surface area contributed by atoms with E-state index in [-0.39, 0.29) is 6.42 Å². The van der Waals surface area contributed by atoms with E-state index in [1.54, 1.807) is 6.92 Å². The molecule has 0 radical (unpaired) electrons. The highest BCUT2D eigenvalue weighted by molar-refractivity contribution is 7.86. The molecular weight excluding hydrogens is 239 g/mol. The predicted molar refractivity (Wildman–Crippen MR) is 59.8 cm³/mol. The Morgan fingerprint density at radius 1 is 1.47 bits per heavy atom. The highest BCUT2D eigenvalue weighted by atomic mass is 32.3. The summed E-state index contributed by atoms with van der Waals surface area (Å²) in [5, 5.41) is 0.804. The quantitative estimate of drug-likeness (QED) is 0.759. The number of aromatic nitrogens is 1. The van der Waals surface area contributed by atoms with Crippen molar-refractivity contribution in [2.75, 3.05) is 24.7 Å². The molecule has 1 heterocycles. The Morgan fingerprint density at radius 3 is 2.47 bits per heavy atom. The lowest BCUT2D eigenvalue weighted by Gasteiger charge is -2.05. The van der Waals surface area contributed by atoms with Crippen LogP contribution in [0.3, 0.4) is 0 Å². The van der Waals surface area contributed by atoms with E-state index in [1.165, 1.54) is 11.3 Å². The van der Waals surface area contributed by atoms with Crippen LogP contribution >= 0.6 is 11.3 Å². The molecule has 0 fully saturated rings. The highest BCUT2D eigenvalue weighted by Crippen LogP contribution is 2.25. The smallest absolute Gasteiger partial charge is 0.302 e. The molecule has 1 rings (SSSR count). The summed E-state index contributed by atoms with van der Waals surface area (Å²) in [5.41, 5.74) is 0.771. The van der Waals surface area contributed by atoms with Gasteiger partial charge in [-0.15, -0.1) is 15.2 Å². The standard InChI is InChI=1S/C8H13FN2O2S2/c1-6-7(4-5-15(9,12)13)14-8(10-6)11(2)3/h4-5H2,1-3H3. The normalized spacial score (nSPS) is 11.7. The number of rotatable bonds is 4. The molecule has 7 heteroatoms. The van der Waals surface area contributed by atoms with E-state index in [2.05, 4.69) is 4.98 Å². The molecule has 0 aliphatic rings. The molecule has 0 aliphatic carbocycles. The largest absolute Gasteiger partial charge is 0.354 e. The summed E-state index contributed by atoms with van der Waals surface area (Å²) in [6, 6.07) is 0. The van der Waals surface area contributed by atoms with Crippen molar-refractivity contribution in [2.24, 2.45) is 0 Å². The second-order valence-electron chi connectivity index (χ2n) is 3.39. The summed E-state index contributed by atoms with van der Waals surface area (Å²) in [7, 11) is -0.675. The molecule has 0 spiro atoms. The van der Waals surface area contributed by atoms with Gasteiger partial charge in [0.05, 0.1) is 11.4 Å². The Kier molecular flexibility index (Phi) is 3.67. The van der Waals surface area contributed by atoms with Gasteiger partial charge in [0, 0.05) is 25.4 Å². The third kappa shape index (κ3) is 3.75. The van der Waals surface area contributed by atoms with Crippen LogP contribution in [0.1, 0.15) is 10.6 Å². The fourth-order valence-electron chi connectivity index (χ4n) is 1.05. The number of aryl methyl sites for hydroxylation is 2. The summed E-state index contributed by atoms with van der Waals surface area (Å²) >= 11 is 1.39. The Bertz CT molecular complexity index is 439. The zero-order valence-corrected chi connectivity index (χ0v) is 10.5. The molecule has 0 N–H and O–H groups in total. The summed E-state index contributed by atoms with van der Waals surface area (Å²) in [4.78, 5) is 6.90. The molecule has 0 amide bonds. The Balaban J connectivity index is 2.78. The molecule has 86 valence electrons. The molecule has 0 saturated heterocycles. The van der Waals surface area contributed by atoms with E-state index in [4.69, 9.17) is 0 Å². The van der Waals surface area contributed by atoms with E-state index < -0.39 is 16.0 Å². The SMILES string of the molecule is Cc1nc(N(C)C)sc1CCS(=O)(=O)F. The first-order valence-corrected chi connectivity index (χ1v) is 6.72. The number of halogens is 1. The molecule has 15 heavy (non-hydrogen) atoms. The van der Waals surface area contributed by atoms with Crippen LogP contribution in [0.25, 0.3) is 0 Å². The zero-order valence-electron chi connectivity index (χ0n) is 8.82. The highest BCUT2D eigenvalue weighted by Gasteiger charge is 2.13. The van der Waals surface area contributed by atoms with Crippen LogP contribution in [0.4, 0.5) is 9.02 Å². The van der Waals surface area contributed by atoms with Crippen molar-refractivity contribution >= 4 is 26.7 Å². The Morgan fingerprint density at radius 2 is 2.07 bits per heavy atom. The monoisotopic (exact) mass is 252 g/mol. The first kappa shape index (κ1) is 12.4. The Labute approximate surface area is 93.0 Å². The fourth-order valence-corrected chi connectivity index (χ4v) is 2.61. The van der Waals surface area contributed by atoms with E-state index in [0.717, 1.165) is 15.7 Å². The van der Waals surface area contributed by atoms with Gasteiger partial charge in [-0.2, -0.15) is 8.42 Å². The molecule has 0 bridgehead atoms. The van der Waals surface area contributed by atoms with Gasteiger partial charge in [0.1, 0.15) is 0 Å². The number of anilines is 1. The van der Waals surface area contributed by atoms with Gasteiger partial charge in [0.2, 0.25) is 0 Å². The molecule has 1 aromatic rings. The van der Waals surface area contributed by atoms with Crippen molar-refractivity contribution in [1.29, 1.82) is 0 Å². The molecule has 4 nitrogen and oxygen atoms in total. The number of hydrogen-bond donors (Lipinski definition) is 0. The topological polar surface area (TPSA) is 50.3 Å². The molecule has 0 atom stereocenters. The van der Waals surface area contributed by atoms with Crippen molar-refractivity contribution in [3.8, 4) is 0 Å². The molecule has 1 aromatic heterocycles. The second kappa shape index (κ2) is 4.44. The van der Waals surface area contributed by atoms with Gasteiger partial charge in [-0.25, -0.2) is 4.98 Å². The Hall–Kier alpha value is -0.690. The van der Waals surface area contributed by atoms with E-state index >= 15 is 0 Å². The lowest BCUT2D eigenvalue weighted by atomic mass is 10.3. The average Bonchev–Trinajstić information content (AvgIpc) is 2.42. The van der Waals surface area contributed by atoms with Crippen molar-refractivity contribution in [3.63, 3.8) is 0 Å². The fraction of sp³-hybridized carbons (Fsp3) is 0.625. The first-order valence-electron chi connectivity index (χ1n) is 4.35. The number of thiazole rings is 1. The maximum Gasteiger partial charge on any atom is 0.302 e. The minimum atomic E-state index is -4.38. The van der Waals surface area contributed by atoms with Crippen LogP contribution in [0, 0.1) is 6.92 Å². The van der Waals surface area contributed by atoms with Gasteiger partial charge in [-0.05, 0) is 6.92 Å². The molecule has 0 unspecified atom stereocenters. The van der Waals surface area contributed by atoms with Crippen LogP contribution < -0.4 is 4.90 Å². The predicted octanol–water partition coefficient (Wildman–Crippen LogP) is 1.36. The minimum Gasteiger partial charge on any atom is -0.354 e. The van der Waals surface area contributed by atoms with E-state index in [9.17, 15) is 12.3 Å². The van der Waals surface area contributed by atoms with Crippen LogP contribution in [-0.2, 0) is 16.6 Å². The summed E-state index contributed by atoms with van der Waals surface area (Å²) in [6.07, 6.45) is 0.191. The maximum absolute atomic E-state index is 12.3. The maximum atomic E-state index is 12.3. The van der Waals surface area contributed by atoms with Gasteiger partial charge in [0.25, 0.3) is 0 Å². The van der Waals surface area contributed by atoms with Crippen LogP contribution in [0.2, 0.25) is 0 Å². The van der Waals surface area contributed by atoms with Gasteiger partial charge >= 0.3 is 10.2 Å². The van der Waals surface area contributed by atoms with Crippen molar-refractivity contribution in [1.82, 2.24) is 4.98 Å². The van der Waals surface area contributed by atoms with E-state index in [1.807, 2.05) is 19.0 Å². The zero-order chi connectivity index (χ0) is 11.6.